The predicted molar refractivity (Wildman–Crippen MR) is 100 cm³/mol. The zero-order chi connectivity index (χ0) is 20.2. The zero-order valence-electron chi connectivity index (χ0n) is 15.0. The summed E-state index contributed by atoms with van der Waals surface area (Å²) in [5, 5.41) is 1.10. The second kappa shape index (κ2) is 6.44. The van der Waals surface area contributed by atoms with Crippen molar-refractivity contribution in [1.82, 2.24) is 0 Å². The number of rotatable bonds is 1. The van der Waals surface area contributed by atoms with E-state index in [1.54, 1.807) is 17.9 Å². The largest absolute Gasteiger partial charge is 0.471 e. The first-order valence-electron chi connectivity index (χ1n) is 8.47. The Labute approximate surface area is 163 Å². The van der Waals surface area contributed by atoms with Crippen molar-refractivity contribution in [2.45, 2.75) is 26.6 Å². The number of benzene rings is 2. The Hall–Kier alpha value is -2.67. The molecule has 0 N–H and O–H groups in total. The maximum Gasteiger partial charge on any atom is 0.416 e. The van der Waals surface area contributed by atoms with E-state index in [-0.39, 0.29) is 13.3 Å². The van der Waals surface area contributed by atoms with Gasteiger partial charge in [0.15, 0.2) is 6.73 Å². The number of alkyl halides is 3. The van der Waals surface area contributed by atoms with Crippen LogP contribution in [0.25, 0.3) is 11.0 Å². The zero-order valence-corrected chi connectivity index (χ0v) is 15.7. The van der Waals surface area contributed by atoms with E-state index in [4.69, 9.17) is 20.8 Å². The quantitative estimate of drug-likeness (QED) is 0.502. The van der Waals surface area contributed by atoms with Gasteiger partial charge in [0.25, 0.3) is 0 Å². The third kappa shape index (κ3) is 2.99. The van der Waals surface area contributed by atoms with E-state index in [0.717, 1.165) is 17.7 Å². The normalized spacial score (nSPS) is 14.1. The van der Waals surface area contributed by atoms with Crippen LogP contribution in [-0.2, 0) is 12.7 Å². The lowest BCUT2D eigenvalue weighted by atomic mass is 10.0. The number of hydrogen-bond acceptors (Lipinski definition) is 4. The van der Waals surface area contributed by atoms with Crippen LogP contribution in [0.1, 0.15) is 22.3 Å². The van der Waals surface area contributed by atoms with Gasteiger partial charge in [-0.25, -0.2) is 4.79 Å². The molecule has 3 aromatic rings. The fourth-order valence-electron chi connectivity index (χ4n) is 3.29. The highest BCUT2D eigenvalue weighted by molar-refractivity contribution is 6.33. The first-order valence-corrected chi connectivity index (χ1v) is 8.85. The molecule has 1 aliphatic heterocycles. The molecular formula is C20H15ClF3NO3. The lowest BCUT2D eigenvalue weighted by Gasteiger charge is -2.31. The fraction of sp³-hybridized carbons (Fsp3) is 0.250. The Balaban J connectivity index is 1.79. The summed E-state index contributed by atoms with van der Waals surface area (Å²) in [6.45, 7) is 3.88. The molecule has 0 fully saturated rings. The molecule has 1 aliphatic rings. The van der Waals surface area contributed by atoms with Gasteiger partial charge < -0.3 is 14.1 Å². The van der Waals surface area contributed by atoms with Crippen molar-refractivity contribution >= 4 is 28.3 Å². The van der Waals surface area contributed by atoms with Crippen molar-refractivity contribution in [3.63, 3.8) is 0 Å². The van der Waals surface area contributed by atoms with E-state index in [9.17, 15) is 18.0 Å². The lowest BCUT2D eigenvalue weighted by Crippen LogP contribution is -2.32. The maximum absolute atomic E-state index is 12.8. The van der Waals surface area contributed by atoms with Crippen LogP contribution < -0.4 is 15.3 Å². The van der Waals surface area contributed by atoms with Gasteiger partial charge in [0.05, 0.1) is 22.7 Å². The molecule has 0 saturated carbocycles. The molecule has 146 valence electrons. The molecule has 0 unspecified atom stereocenters. The number of ether oxygens (including phenoxy) is 1. The summed E-state index contributed by atoms with van der Waals surface area (Å²) in [5.41, 5.74) is 1.62. The monoisotopic (exact) mass is 409 g/mol. The van der Waals surface area contributed by atoms with Crippen molar-refractivity contribution in [2.24, 2.45) is 0 Å². The van der Waals surface area contributed by atoms with Gasteiger partial charge in [-0.2, -0.15) is 13.2 Å². The molecule has 2 heterocycles. The van der Waals surface area contributed by atoms with E-state index in [1.807, 2.05) is 6.92 Å². The molecule has 2 aromatic carbocycles. The van der Waals surface area contributed by atoms with E-state index in [1.165, 1.54) is 12.1 Å². The molecule has 0 amide bonds. The number of fused-ring (bicyclic) bond motifs is 3. The predicted octanol–water partition coefficient (Wildman–Crippen LogP) is 5.44. The molecule has 0 radical (unpaired) electrons. The molecule has 4 rings (SSSR count). The molecule has 0 spiro atoms. The van der Waals surface area contributed by atoms with E-state index >= 15 is 0 Å². The number of hydrogen-bond donors (Lipinski definition) is 0. The Bertz CT molecular complexity index is 1140. The molecule has 1 aromatic heterocycles. The van der Waals surface area contributed by atoms with Crippen LogP contribution >= 0.6 is 11.6 Å². The average molecular weight is 410 g/mol. The van der Waals surface area contributed by atoms with Crippen LogP contribution in [0.2, 0.25) is 5.02 Å². The summed E-state index contributed by atoms with van der Waals surface area (Å²) in [5.74, 6) is 0.420. The van der Waals surface area contributed by atoms with Crippen LogP contribution in [-0.4, -0.2) is 6.73 Å². The van der Waals surface area contributed by atoms with Gasteiger partial charge in [0, 0.05) is 16.6 Å². The standard InChI is InChI=1S/C20H15ClF3NO3/c1-10-11(2)19(26)28-17-14(10)7-16(21)18-15(17)8-25(9-27-18)13-5-3-12(4-6-13)20(22,23)24/h3-7H,8-9H2,1-2H3. The summed E-state index contributed by atoms with van der Waals surface area (Å²) in [6, 6.07) is 6.52. The van der Waals surface area contributed by atoms with Crippen molar-refractivity contribution in [2.75, 3.05) is 11.6 Å². The first-order chi connectivity index (χ1) is 13.2. The van der Waals surface area contributed by atoms with Gasteiger partial charge in [-0.1, -0.05) is 11.6 Å². The van der Waals surface area contributed by atoms with E-state index < -0.39 is 17.4 Å². The Morgan fingerprint density at radius 1 is 1.11 bits per heavy atom. The SMILES string of the molecule is Cc1c(C)c2cc(Cl)c3c(c2oc1=O)CN(c1ccc(C(F)(F)F)cc1)CO3. The smallest absolute Gasteiger partial charge is 0.416 e. The van der Waals surface area contributed by atoms with Gasteiger partial charge in [0.1, 0.15) is 11.3 Å². The maximum atomic E-state index is 12.8. The summed E-state index contributed by atoms with van der Waals surface area (Å²) < 4.78 is 49.6. The third-order valence-corrected chi connectivity index (χ3v) is 5.30. The minimum Gasteiger partial charge on any atom is -0.471 e. The summed E-state index contributed by atoms with van der Waals surface area (Å²) >= 11 is 6.36. The van der Waals surface area contributed by atoms with Crippen LogP contribution in [0.3, 0.4) is 0 Å². The number of nitrogens with zero attached hydrogens (tertiary/aromatic N) is 1. The molecule has 28 heavy (non-hydrogen) atoms. The van der Waals surface area contributed by atoms with Gasteiger partial charge in [0.2, 0.25) is 0 Å². The molecule has 4 nitrogen and oxygen atoms in total. The van der Waals surface area contributed by atoms with Gasteiger partial charge >= 0.3 is 11.8 Å². The van der Waals surface area contributed by atoms with Crippen LogP contribution in [0.4, 0.5) is 18.9 Å². The molecule has 0 aliphatic carbocycles. The molecular weight excluding hydrogens is 395 g/mol. The summed E-state index contributed by atoms with van der Waals surface area (Å²) in [4.78, 5) is 13.9. The Morgan fingerprint density at radius 2 is 1.79 bits per heavy atom. The van der Waals surface area contributed by atoms with Crippen LogP contribution in [0, 0.1) is 13.8 Å². The van der Waals surface area contributed by atoms with Crippen LogP contribution in [0.5, 0.6) is 5.75 Å². The minimum atomic E-state index is -4.40. The molecule has 0 saturated heterocycles. The van der Waals surface area contributed by atoms with Gasteiger partial charge in [-0.15, -0.1) is 0 Å². The second-order valence-corrected chi connectivity index (χ2v) is 7.11. The van der Waals surface area contributed by atoms with E-state index in [2.05, 4.69) is 0 Å². The number of anilines is 1. The van der Waals surface area contributed by atoms with Crippen molar-refractivity contribution < 1.29 is 22.3 Å². The molecule has 8 heteroatoms. The van der Waals surface area contributed by atoms with Gasteiger partial charge in [-0.05, 0) is 49.7 Å². The Kier molecular flexibility index (Phi) is 4.30. The molecule has 0 bridgehead atoms. The fourth-order valence-corrected chi connectivity index (χ4v) is 3.57. The first kappa shape index (κ1) is 18.7. The molecule has 0 atom stereocenters. The van der Waals surface area contributed by atoms with E-state index in [0.29, 0.717) is 38.6 Å². The van der Waals surface area contributed by atoms with Crippen molar-refractivity contribution in [1.29, 1.82) is 0 Å². The summed E-state index contributed by atoms with van der Waals surface area (Å²) in [7, 11) is 0. The highest BCUT2D eigenvalue weighted by atomic mass is 35.5. The van der Waals surface area contributed by atoms with Crippen molar-refractivity contribution in [3.05, 3.63) is 68.0 Å². The number of halogens is 4. The summed E-state index contributed by atoms with van der Waals surface area (Å²) in [6.07, 6.45) is -4.40. The number of aryl methyl sites for hydroxylation is 1. The van der Waals surface area contributed by atoms with Crippen molar-refractivity contribution in [3.8, 4) is 5.75 Å². The lowest BCUT2D eigenvalue weighted by molar-refractivity contribution is -0.137. The third-order valence-electron chi connectivity index (χ3n) is 5.02. The highest BCUT2D eigenvalue weighted by Crippen LogP contribution is 2.41. The minimum absolute atomic E-state index is 0.110. The average Bonchev–Trinajstić information content (AvgIpc) is 2.66. The topological polar surface area (TPSA) is 42.7 Å². The second-order valence-electron chi connectivity index (χ2n) is 6.70. The Morgan fingerprint density at radius 3 is 2.43 bits per heavy atom. The highest BCUT2D eigenvalue weighted by Gasteiger charge is 2.31. The van der Waals surface area contributed by atoms with Gasteiger partial charge in [-0.3, -0.25) is 0 Å². The van der Waals surface area contributed by atoms with Crippen LogP contribution in [0.15, 0.2) is 39.5 Å².